The highest BCUT2D eigenvalue weighted by atomic mass is 19.1. The van der Waals surface area contributed by atoms with Crippen LogP contribution < -0.4 is 5.32 Å². The molecule has 0 aliphatic rings. The molecule has 2 aromatic rings. The summed E-state index contributed by atoms with van der Waals surface area (Å²) < 4.78 is 12.8. The number of halogens is 1. The second-order valence-electron chi connectivity index (χ2n) is 4.20. The summed E-state index contributed by atoms with van der Waals surface area (Å²) in [6, 6.07) is 11.1. The largest absolute Gasteiger partial charge is 0.507 e. The van der Waals surface area contributed by atoms with Gasteiger partial charge in [0.1, 0.15) is 11.6 Å². The van der Waals surface area contributed by atoms with Crippen LogP contribution in [0.25, 0.3) is 0 Å². The van der Waals surface area contributed by atoms with Crippen LogP contribution in [-0.4, -0.2) is 18.1 Å². The van der Waals surface area contributed by atoms with Gasteiger partial charge in [-0.05, 0) is 29.3 Å². The maximum Gasteiger partial charge on any atom is 0.254 e. The summed E-state index contributed by atoms with van der Waals surface area (Å²) in [6.45, 7) is 0. The van der Waals surface area contributed by atoms with E-state index in [-0.39, 0.29) is 23.0 Å². The van der Waals surface area contributed by atoms with E-state index in [2.05, 4.69) is 5.32 Å². The van der Waals surface area contributed by atoms with Gasteiger partial charge in [-0.3, -0.25) is 4.79 Å². The first kappa shape index (κ1) is 13.1. The third kappa shape index (κ3) is 2.91. The average Bonchev–Trinajstić information content (AvgIpc) is 2.43. The lowest BCUT2D eigenvalue weighted by atomic mass is 10.0. The van der Waals surface area contributed by atoms with E-state index < -0.39 is 0 Å². The van der Waals surface area contributed by atoms with Crippen LogP contribution in [0.4, 0.5) is 4.39 Å². The van der Waals surface area contributed by atoms with Gasteiger partial charge in [0, 0.05) is 13.5 Å². The van der Waals surface area contributed by atoms with E-state index in [0.717, 1.165) is 5.56 Å². The van der Waals surface area contributed by atoms with Crippen molar-refractivity contribution in [1.82, 2.24) is 5.32 Å². The number of nitrogens with one attached hydrogen (secondary N) is 1. The summed E-state index contributed by atoms with van der Waals surface area (Å²) >= 11 is 0. The van der Waals surface area contributed by atoms with Gasteiger partial charge in [0.15, 0.2) is 0 Å². The second-order valence-corrected chi connectivity index (χ2v) is 4.20. The van der Waals surface area contributed by atoms with Gasteiger partial charge in [0.25, 0.3) is 5.91 Å². The number of phenols is 1. The van der Waals surface area contributed by atoms with Crippen LogP contribution in [0.2, 0.25) is 0 Å². The monoisotopic (exact) mass is 259 g/mol. The zero-order valence-corrected chi connectivity index (χ0v) is 10.5. The van der Waals surface area contributed by atoms with Gasteiger partial charge in [-0.25, -0.2) is 4.39 Å². The van der Waals surface area contributed by atoms with Crippen LogP contribution in [0.3, 0.4) is 0 Å². The summed E-state index contributed by atoms with van der Waals surface area (Å²) in [5.74, 6) is -0.670. The molecule has 0 fully saturated rings. The normalized spacial score (nSPS) is 10.2. The number of hydrogen-bond acceptors (Lipinski definition) is 2. The predicted octanol–water partition coefficient (Wildman–Crippen LogP) is 2.48. The van der Waals surface area contributed by atoms with E-state index in [9.17, 15) is 14.3 Å². The Bertz CT molecular complexity index is 594. The van der Waals surface area contributed by atoms with Gasteiger partial charge in [0.05, 0.1) is 5.56 Å². The highest BCUT2D eigenvalue weighted by molar-refractivity contribution is 5.97. The zero-order chi connectivity index (χ0) is 13.8. The zero-order valence-electron chi connectivity index (χ0n) is 10.5. The van der Waals surface area contributed by atoms with Crippen LogP contribution in [0.1, 0.15) is 21.5 Å². The standard InChI is InChI=1S/C15H14FNO2/c1-17-15(19)13-4-2-3-11(14(13)18)9-10-5-7-12(16)8-6-10/h2-8,18H,9H2,1H3,(H,17,19). The van der Waals surface area contributed by atoms with Crippen molar-refractivity contribution in [2.75, 3.05) is 7.05 Å². The Morgan fingerprint density at radius 1 is 1.21 bits per heavy atom. The van der Waals surface area contributed by atoms with E-state index in [1.54, 1.807) is 30.3 Å². The van der Waals surface area contributed by atoms with E-state index in [1.165, 1.54) is 19.2 Å². The fraction of sp³-hybridized carbons (Fsp3) is 0.133. The molecule has 0 bridgehead atoms. The number of aromatic hydroxyl groups is 1. The molecular formula is C15H14FNO2. The summed E-state index contributed by atoms with van der Waals surface area (Å²) in [5.41, 5.74) is 1.74. The number of para-hydroxylation sites is 1. The molecule has 0 atom stereocenters. The third-order valence-corrected chi connectivity index (χ3v) is 2.90. The molecule has 0 radical (unpaired) electrons. The number of carbonyl (C=O) groups excluding carboxylic acids is 1. The second kappa shape index (κ2) is 5.52. The van der Waals surface area contributed by atoms with Gasteiger partial charge in [0.2, 0.25) is 0 Å². The Morgan fingerprint density at radius 3 is 2.53 bits per heavy atom. The molecule has 0 aromatic heterocycles. The number of phenolic OH excluding ortho intramolecular Hbond substituents is 1. The Morgan fingerprint density at radius 2 is 1.89 bits per heavy atom. The lowest BCUT2D eigenvalue weighted by Gasteiger charge is -2.09. The van der Waals surface area contributed by atoms with E-state index in [0.29, 0.717) is 12.0 Å². The average molecular weight is 259 g/mol. The molecule has 0 spiro atoms. The maximum absolute atomic E-state index is 12.8. The van der Waals surface area contributed by atoms with Crippen molar-refractivity contribution < 1.29 is 14.3 Å². The lowest BCUT2D eigenvalue weighted by molar-refractivity contribution is 0.0960. The lowest BCUT2D eigenvalue weighted by Crippen LogP contribution is -2.18. The number of rotatable bonds is 3. The molecule has 0 heterocycles. The van der Waals surface area contributed by atoms with Crippen LogP contribution in [0.15, 0.2) is 42.5 Å². The molecule has 0 unspecified atom stereocenters. The van der Waals surface area contributed by atoms with Gasteiger partial charge in [-0.2, -0.15) is 0 Å². The van der Waals surface area contributed by atoms with Crippen molar-refractivity contribution in [3.8, 4) is 5.75 Å². The Labute approximate surface area is 110 Å². The van der Waals surface area contributed by atoms with Crippen LogP contribution >= 0.6 is 0 Å². The minimum atomic E-state index is -0.335. The van der Waals surface area contributed by atoms with Crippen molar-refractivity contribution in [3.63, 3.8) is 0 Å². The van der Waals surface area contributed by atoms with E-state index in [4.69, 9.17) is 0 Å². The SMILES string of the molecule is CNC(=O)c1cccc(Cc2ccc(F)cc2)c1O. The third-order valence-electron chi connectivity index (χ3n) is 2.90. The Kier molecular flexibility index (Phi) is 3.80. The summed E-state index contributed by atoms with van der Waals surface area (Å²) in [5, 5.41) is 12.5. The topological polar surface area (TPSA) is 49.3 Å². The molecule has 2 aromatic carbocycles. The first-order valence-corrected chi connectivity index (χ1v) is 5.89. The first-order chi connectivity index (χ1) is 9.11. The quantitative estimate of drug-likeness (QED) is 0.889. The molecular weight excluding hydrogens is 245 g/mol. The van der Waals surface area contributed by atoms with E-state index in [1.807, 2.05) is 0 Å². The molecule has 19 heavy (non-hydrogen) atoms. The van der Waals surface area contributed by atoms with Crippen molar-refractivity contribution in [3.05, 3.63) is 65.0 Å². The molecule has 0 aliphatic heterocycles. The molecule has 0 saturated heterocycles. The highest BCUT2D eigenvalue weighted by Crippen LogP contribution is 2.25. The molecule has 0 aliphatic carbocycles. The van der Waals surface area contributed by atoms with Gasteiger partial charge >= 0.3 is 0 Å². The van der Waals surface area contributed by atoms with Crippen molar-refractivity contribution in [2.24, 2.45) is 0 Å². The minimum Gasteiger partial charge on any atom is -0.507 e. The Hall–Kier alpha value is -2.36. The molecule has 1 amide bonds. The number of benzene rings is 2. The van der Waals surface area contributed by atoms with E-state index >= 15 is 0 Å². The highest BCUT2D eigenvalue weighted by Gasteiger charge is 2.12. The molecule has 4 heteroatoms. The van der Waals surface area contributed by atoms with Crippen molar-refractivity contribution >= 4 is 5.91 Å². The number of hydrogen-bond donors (Lipinski definition) is 2. The summed E-state index contributed by atoms with van der Waals surface area (Å²) in [4.78, 5) is 11.6. The van der Waals surface area contributed by atoms with Crippen molar-refractivity contribution in [1.29, 1.82) is 0 Å². The van der Waals surface area contributed by atoms with Crippen LogP contribution in [0, 0.1) is 5.82 Å². The van der Waals surface area contributed by atoms with Crippen LogP contribution in [0.5, 0.6) is 5.75 Å². The number of carbonyl (C=O) groups is 1. The molecule has 98 valence electrons. The summed E-state index contributed by atoms with van der Waals surface area (Å²) in [7, 11) is 1.51. The summed E-state index contributed by atoms with van der Waals surface area (Å²) in [6.07, 6.45) is 0.441. The van der Waals surface area contributed by atoms with Gasteiger partial charge in [-0.1, -0.05) is 24.3 Å². The first-order valence-electron chi connectivity index (χ1n) is 5.89. The molecule has 3 nitrogen and oxygen atoms in total. The molecule has 0 saturated carbocycles. The van der Waals surface area contributed by atoms with Crippen LogP contribution in [-0.2, 0) is 6.42 Å². The fourth-order valence-electron chi connectivity index (χ4n) is 1.87. The minimum absolute atomic E-state index is 0.0359. The molecule has 2 rings (SSSR count). The van der Waals surface area contributed by atoms with Crippen molar-refractivity contribution in [2.45, 2.75) is 6.42 Å². The van der Waals surface area contributed by atoms with Gasteiger partial charge in [-0.15, -0.1) is 0 Å². The maximum atomic E-state index is 12.8. The smallest absolute Gasteiger partial charge is 0.254 e. The molecule has 2 N–H and O–H groups in total. The van der Waals surface area contributed by atoms with Gasteiger partial charge < -0.3 is 10.4 Å². The Balaban J connectivity index is 2.30. The predicted molar refractivity (Wildman–Crippen MR) is 70.7 cm³/mol. The number of amides is 1. The fourth-order valence-corrected chi connectivity index (χ4v) is 1.87.